The maximum absolute atomic E-state index is 2.49. The first-order valence-corrected chi connectivity index (χ1v) is 7.63. The van der Waals surface area contributed by atoms with Gasteiger partial charge in [0.05, 0.1) is 0 Å². The average molecular weight is 256 g/mol. The summed E-state index contributed by atoms with van der Waals surface area (Å²) in [6, 6.07) is 0. The molecule has 2 heteroatoms. The molecule has 0 unspecified atom stereocenters. The summed E-state index contributed by atoms with van der Waals surface area (Å²) in [7, 11) is 4.49. The lowest BCUT2D eigenvalue weighted by molar-refractivity contribution is 0.170. The first kappa shape index (κ1) is 17.9. The summed E-state index contributed by atoms with van der Waals surface area (Å²) in [4.78, 5) is 4.94. The van der Waals surface area contributed by atoms with Crippen LogP contribution in [0, 0.1) is 5.92 Å². The van der Waals surface area contributed by atoms with Gasteiger partial charge < -0.3 is 9.80 Å². The van der Waals surface area contributed by atoms with E-state index in [4.69, 9.17) is 0 Å². The highest BCUT2D eigenvalue weighted by molar-refractivity contribution is 4.72. The third kappa shape index (κ3) is 9.90. The molecule has 0 saturated carbocycles. The van der Waals surface area contributed by atoms with Crippen LogP contribution in [0.25, 0.3) is 0 Å². The molecule has 18 heavy (non-hydrogen) atoms. The molecule has 110 valence electrons. The van der Waals surface area contributed by atoms with Crippen molar-refractivity contribution in [3.05, 3.63) is 0 Å². The van der Waals surface area contributed by atoms with Crippen molar-refractivity contribution in [3.8, 4) is 0 Å². The molecule has 0 fully saturated rings. The molecule has 0 rings (SSSR count). The highest BCUT2D eigenvalue weighted by Gasteiger charge is 2.15. The zero-order valence-corrected chi connectivity index (χ0v) is 13.9. The van der Waals surface area contributed by atoms with Crippen molar-refractivity contribution in [1.82, 2.24) is 9.80 Å². The van der Waals surface area contributed by atoms with Gasteiger partial charge in [-0.3, -0.25) is 0 Å². The standard InChI is InChI=1S/C16H36N2/c1-15(2)11-10-13-17(6)12-8-9-14-18(7)16(3,4)5/h15H,8-14H2,1-7H3. The zero-order chi connectivity index (χ0) is 14.2. The van der Waals surface area contributed by atoms with Crippen LogP contribution < -0.4 is 0 Å². The minimum atomic E-state index is 0.309. The summed E-state index contributed by atoms with van der Waals surface area (Å²) in [5, 5.41) is 0. The molecule has 0 aromatic rings. The van der Waals surface area contributed by atoms with Gasteiger partial charge in [-0.15, -0.1) is 0 Å². The molecule has 0 spiro atoms. The molecule has 0 bridgehead atoms. The van der Waals surface area contributed by atoms with E-state index in [0.717, 1.165) is 5.92 Å². The molecule has 0 aliphatic carbocycles. The highest BCUT2D eigenvalue weighted by Crippen LogP contribution is 2.11. The Kier molecular flexibility index (Phi) is 8.89. The molecule has 0 aliphatic heterocycles. The van der Waals surface area contributed by atoms with E-state index in [-0.39, 0.29) is 0 Å². The smallest absolute Gasteiger partial charge is 0.0122 e. The van der Waals surface area contributed by atoms with E-state index in [1.807, 2.05) is 0 Å². The monoisotopic (exact) mass is 256 g/mol. The van der Waals surface area contributed by atoms with E-state index in [9.17, 15) is 0 Å². The Balaban J connectivity index is 3.48. The second-order valence-electron chi connectivity index (χ2n) is 7.14. The molecule has 0 aromatic carbocycles. The first-order chi connectivity index (χ1) is 8.23. The van der Waals surface area contributed by atoms with Gasteiger partial charge in [-0.2, -0.15) is 0 Å². The molecule has 0 amide bonds. The fraction of sp³-hybridized carbons (Fsp3) is 1.00. The maximum atomic E-state index is 2.49. The molecular formula is C16H36N2. The van der Waals surface area contributed by atoms with E-state index in [1.165, 1.54) is 45.3 Å². The summed E-state index contributed by atoms with van der Waals surface area (Å²) >= 11 is 0. The first-order valence-electron chi connectivity index (χ1n) is 7.63. The molecular weight excluding hydrogens is 220 g/mol. The summed E-state index contributed by atoms with van der Waals surface area (Å²) in [6.07, 6.45) is 5.33. The van der Waals surface area contributed by atoms with Gasteiger partial charge >= 0.3 is 0 Å². The summed E-state index contributed by atoms with van der Waals surface area (Å²) in [6.45, 7) is 15.2. The molecule has 0 heterocycles. The molecule has 0 atom stereocenters. The van der Waals surface area contributed by atoms with Crippen LogP contribution in [0.1, 0.15) is 60.3 Å². The predicted molar refractivity (Wildman–Crippen MR) is 83.2 cm³/mol. The number of rotatable bonds is 9. The van der Waals surface area contributed by atoms with E-state index in [1.54, 1.807) is 0 Å². The molecule has 0 aromatic heterocycles. The van der Waals surface area contributed by atoms with Gasteiger partial charge in [0.1, 0.15) is 0 Å². The van der Waals surface area contributed by atoms with E-state index in [2.05, 4.69) is 58.5 Å². The van der Waals surface area contributed by atoms with Crippen molar-refractivity contribution >= 4 is 0 Å². The molecule has 0 saturated heterocycles. The minimum Gasteiger partial charge on any atom is -0.306 e. The molecule has 0 aliphatic rings. The van der Waals surface area contributed by atoms with Gasteiger partial charge in [-0.25, -0.2) is 0 Å². The predicted octanol–water partition coefficient (Wildman–Crippen LogP) is 3.86. The lowest BCUT2D eigenvalue weighted by Gasteiger charge is -2.32. The number of unbranched alkanes of at least 4 members (excludes halogenated alkanes) is 1. The van der Waals surface area contributed by atoms with Crippen LogP contribution in [0.3, 0.4) is 0 Å². The third-order valence-corrected chi connectivity index (χ3v) is 3.75. The van der Waals surface area contributed by atoms with Crippen LogP contribution in [0.5, 0.6) is 0 Å². The maximum Gasteiger partial charge on any atom is 0.0122 e. The molecule has 0 radical (unpaired) electrons. The van der Waals surface area contributed by atoms with Crippen LogP contribution in [0.4, 0.5) is 0 Å². The second-order valence-corrected chi connectivity index (χ2v) is 7.14. The zero-order valence-electron chi connectivity index (χ0n) is 13.9. The van der Waals surface area contributed by atoms with E-state index < -0.39 is 0 Å². The Morgan fingerprint density at radius 1 is 0.833 bits per heavy atom. The summed E-state index contributed by atoms with van der Waals surface area (Å²) < 4.78 is 0. The quantitative estimate of drug-likeness (QED) is 0.578. The number of hydrogen-bond donors (Lipinski definition) is 0. The van der Waals surface area contributed by atoms with E-state index >= 15 is 0 Å². The van der Waals surface area contributed by atoms with Crippen LogP contribution in [-0.2, 0) is 0 Å². The minimum absolute atomic E-state index is 0.309. The van der Waals surface area contributed by atoms with Gasteiger partial charge in [0.25, 0.3) is 0 Å². The summed E-state index contributed by atoms with van der Waals surface area (Å²) in [5.41, 5.74) is 0.309. The van der Waals surface area contributed by atoms with Crippen molar-refractivity contribution in [1.29, 1.82) is 0 Å². The number of nitrogens with zero attached hydrogens (tertiary/aromatic N) is 2. The van der Waals surface area contributed by atoms with Crippen molar-refractivity contribution in [2.45, 2.75) is 65.8 Å². The largest absolute Gasteiger partial charge is 0.306 e. The fourth-order valence-corrected chi connectivity index (χ4v) is 1.95. The Bertz CT molecular complexity index is 194. The average Bonchev–Trinajstić information content (AvgIpc) is 2.22. The van der Waals surface area contributed by atoms with Crippen LogP contribution >= 0.6 is 0 Å². The SMILES string of the molecule is CC(C)CCCN(C)CCCCN(C)C(C)(C)C. The topological polar surface area (TPSA) is 6.48 Å². The van der Waals surface area contributed by atoms with Crippen molar-refractivity contribution in [2.75, 3.05) is 33.7 Å². The van der Waals surface area contributed by atoms with Gasteiger partial charge in [0, 0.05) is 5.54 Å². The fourth-order valence-electron chi connectivity index (χ4n) is 1.95. The molecule has 2 nitrogen and oxygen atoms in total. The van der Waals surface area contributed by atoms with Gasteiger partial charge in [0.2, 0.25) is 0 Å². The van der Waals surface area contributed by atoms with Crippen molar-refractivity contribution in [2.24, 2.45) is 5.92 Å². The van der Waals surface area contributed by atoms with Gasteiger partial charge in [-0.05, 0) is 86.1 Å². The van der Waals surface area contributed by atoms with Gasteiger partial charge in [0.15, 0.2) is 0 Å². The normalized spacial score (nSPS) is 13.0. The van der Waals surface area contributed by atoms with Crippen LogP contribution in [0.2, 0.25) is 0 Å². The Hall–Kier alpha value is -0.0800. The Morgan fingerprint density at radius 2 is 1.33 bits per heavy atom. The highest BCUT2D eigenvalue weighted by atomic mass is 15.2. The Labute approximate surface area is 116 Å². The third-order valence-electron chi connectivity index (χ3n) is 3.75. The van der Waals surface area contributed by atoms with Gasteiger partial charge in [-0.1, -0.05) is 13.8 Å². The number of hydrogen-bond acceptors (Lipinski definition) is 2. The van der Waals surface area contributed by atoms with Crippen molar-refractivity contribution < 1.29 is 0 Å². The second kappa shape index (κ2) is 8.92. The lowest BCUT2D eigenvalue weighted by atomic mass is 10.1. The van der Waals surface area contributed by atoms with E-state index in [0.29, 0.717) is 5.54 Å². The van der Waals surface area contributed by atoms with Crippen LogP contribution in [0.15, 0.2) is 0 Å². The van der Waals surface area contributed by atoms with Crippen LogP contribution in [-0.4, -0.2) is 49.1 Å². The lowest BCUT2D eigenvalue weighted by Crippen LogP contribution is -2.38. The van der Waals surface area contributed by atoms with Crippen molar-refractivity contribution in [3.63, 3.8) is 0 Å². The summed E-state index contributed by atoms with van der Waals surface area (Å²) in [5.74, 6) is 0.846. The molecule has 0 N–H and O–H groups in total. The Morgan fingerprint density at radius 3 is 1.83 bits per heavy atom.